The SMILES string of the molecule is C[C@H]1C[C@@H](CC(=O)C23CC4CC(C)(C2)CC(c2ccccc2)(C4)C3)CCN1. The van der Waals surface area contributed by atoms with E-state index in [1.165, 1.54) is 44.1 Å². The quantitative estimate of drug-likeness (QED) is 0.788. The van der Waals surface area contributed by atoms with Gasteiger partial charge in [-0.05, 0) is 93.1 Å². The zero-order valence-electron chi connectivity index (χ0n) is 17.1. The fourth-order valence-corrected chi connectivity index (χ4v) is 8.24. The molecule has 4 aliphatic carbocycles. The number of benzene rings is 1. The van der Waals surface area contributed by atoms with Gasteiger partial charge in [-0.1, -0.05) is 37.3 Å². The molecule has 1 aromatic carbocycles. The fraction of sp³-hybridized carbons (Fsp3) is 0.720. The molecular formula is C25H35NO. The Hall–Kier alpha value is -1.15. The first kappa shape index (κ1) is 17.9. The van der Waals surface area contributed by atoms with Crippen molar-refractivity contribution in [3.8, 4) is 0 Å². The topological polar surface area (TPSA) is 29.1 Å². The Bertz CT molecular complexity index is 729. The van der Waals surface area contributed by atoms with E-state index in [4.69, 9.17) is 0 Å². The van der Waals surface area contributed by atoms with Gasteiger partial charge < -0.3 is 5.32 Å². The highest BCUT2D eigenvalue weighted by molar-refractivity contribution is 5.86. The summed E-state index contributed by atoms with van der Waals surface area (Å²) in [6, 6.07) is 11.8. The van der Waals surface area contributed by atoms with E-state index in [1.54, 1.807) is 0 Å². The number of rotatable bonds is 4. The summed E-state index contributed by atoms with van der Waals surface area (Å²) in [5.74, 6) is 1.97. The summed E-state index contributed by atoms with van der Waals surface area (Å²) in [5, 5.41) is 3.54. The molecule has 1 N–H and O–H groups in total. The number of hydrogen-bond acceptors (Lipinski definition) is 2. The number of carbonyl (C=O) groups excluding carboxylic acids is 1. The van der Waals surface area contributed by atoms with Crippen LogP contribution in [-0.4, -0.2) is 18.4 Å². The Labute approximate surface area is 164 Å². The van der Waals surface area contributed by atoms with Gasteiger partial charge in [-0.2, -0.15) is 0 Å². The number of ketones is 1. The molecule has 1 heterocycles. The summed E-state index contributed by atoms with van der Waals surface area (Å²) in [5.41, 5.74) is 2.10. The van der Waals surface area contributed by atoms with Crippen LogP contribution in [-0.2, 0) is 10.2 Å². The number of carbonyl (C=O) groups is 1. The van der Waals surface area contributed by atoms with Crippen LogP contribution in [0, 0.1) is 22.7 Å². The molecule has 1 aliphatic heterocycles. The minimum absolute atomic E-state index is 0.0296. The largest absolute Gasteiger partial charge is 0.314 e. The normalized spacial score (nSPS) is 45.8. The van der Waals surface area contributed by atoms with Gasteiger partial charge in [0.1, 0.15) is 5.78 Å². The highest BCUT2D eigenvalue weighted by Gasteiger charge is 2.64. The molecule has 146 valence electrons. The molecule has 4 unspecified atom stereocenters. The molecule has 27 heavy (non-hydrogen) atoms. The van der Waals surface area contributed by atoms with Crippen molar-refractivity contribution in [1.82, 2.24) is 5.32 Å². The van der Waals surface area contributed by atoms with Gasteiger partial charge in [-0.15, -0.1) is 0 Å². The first-order valence-electron chi connectivity index (χ1n) is 11.2. The Morgan fingerprint density at radius 3 is 2.67 bits per heavy atom. The van der Waals surface area contributed by atoms with E-state index >= 15 is 0 Å². The predicted molar refractivity (Wildman–Crippen MR) is 110 cm³/mol. The van der Waals surface area contributed by atoms with Crippen LogP contribution in [0.3, 0.4) is 0 Å². The van der Waals surface area contributed by atoms with E-state index in [9.17, 15) is 4.79 Å². The predicted octanol–water partition coefficient (Wildman–Crippen LogP) is 5.26. The molecule has 0 spiro atoms. The third kappa shape index (κ3) is 2.99. The zero-order chi connectivity index (χ0) is 18.7. The molecular weight excluding hydrogens is 330 g/mol. The molecule has 6 rings (SSSR count). The minimum Gasteiger partial charge on any atom is -0.314 e. The molecule has 1 aromatic rings. The van der Waals surface area contributed by atoms with Crippen LogP contribution < -0.4 is 5.32 Å². The van der Waals surface area contributed by atoms with Gasteiger partial charge in [0.05, 0.1) is 0 Å². The van der Waals surface area contributed by atoms with Crippen molar-refractivity contribution in [3.05, 3.63) is 35.9 Å². The second-order valence-corrected chi connectivity index (χ2v) is 11.1. The van der Waals surface area contributed by atoms with Crippen LogP contribution in [0.4, 0.5) is 0 Å². The highest BCUT2D eigenvalue weighted by atomic mass is 16.1. The third-order valence-corrected chi connectivity index (χ3v) is 8.53. The van der Waals surface area contributed by atoms with Crippen molar-refractivity contribution in [2.45, 2.75) is 83.1 Å². The summed E-state index contributed by atoms with van der Waals surface area (Å²) in [6.07, 6.45) is 10.6. The molecule has 4 saturated carbocycles. The minimum atomic E-state index is -0.0296. The lowest BCUT2D eigenvalue weighted by Crippen LogP contribution is -2.60. The Kier molecular flexibility index (Phi) is 4.10. The van der Waals surface area contributed by atoms with Gasteiger partial charge in [0, 0.05) is 17.9 Å². The first-order chi connectivity index (χ1) is 12.9. The molecule has 5 fully saturated rings. The van der Waals surface area contributed by atoms with Crippen molar-refractivity contribution in [2.24, 2.45) is 22.7 Å². The Morgan fingerprint density at radius 1 is 1.11 bits per heavy atom. The van der Waals surface area contributed by atoms with Crippen molar-refractivity contribution >= 4 is 5.78 Å². The van der Waals surface area contributed by atoms with Crippen LogP contribution in [0.15, 0.2) is 30.3 Å². The average Bonchev–Trinajstić information content (AvgIpc) is 2.60. The van der Waals surface area contributed by atoms with Crippen LogP contribution in [0.2, 0.25) is 0 Å². The number of piperidine rings is 1. The molecule has 2 nitrogen and oxygen atoms in total. The van der Waals surface area contributed by atoms with E-state index in [2.05, 4.69) is 49.5 Å². The lowest BCUT2D eigenvalue weighted by atomic mass is 9.38. The molecule has 5 aliphatic rings. The number of Topliss-reactive ketones (excluding diaryl/α,β-unsaturated/α-hetero) is 1. The van der Waals surface area contributed by atoms with E-state index in [-0.39, 0.29) is 10.8 Å². The zero-order valence-corrected chi connectivity index (χ0v) is 17.1. The second kappa shape index (κ2) is 6.17. The molecule has 0 aromatic heterocycles. The Morgan fingerprint density at radius 2 is 1.93 bits per heavy atom. The van der Waals surface area contributed by atoms with E-state index in [1.807, 2.05) is 0 Å². The summed E-state index contributed by atoms with van der Waals surface area (Å²) in [6.45, 7) is 5.84. The van der Waals surface area contributed by atoms with E-state index in [0.717, 1.165) is 31.7 Å². The van der Waals surface area contributed by atoms with Crippen molar-refractivity contribution in [1.29, 1.82) is 0 Å². The second-order valence-electron chi connectivity index (χ2n) is 11.1. The maximum atomic E-state index is 13.8. The van der Waals surface area contributed by atoms with Gasteiger partial charge in [-0.3, -0.25) is 4.79 Å². The Balaban J connectivity index is 1.45. The summed E-state index contributed by atoms with van der Waals surface area (Å²) in [7, 11) is 0. The maximum absolute atomic E-state index is 13.8. The number of nitrogens with one attached hydrogen (secondary N) is 1. The first-order valence-corrected chi connectivity index (χ1v) is 11.2. The van der Waals surface area contributed by atoms with Crippen LogP contribution in [0.1, 0.15) is 77.2 Å². The monoisotopic (exact) mass is 365 g/mol. The van der Waals surface area contributed by atoms with E-state index < -0.39 is 0 Å². The summed E-state index contributed by atoms with van der Waals surface area (Å²) < 4.78 is 0. The van der Waals surface area contributed by atoms with Gasteiger partial charge >= 0.3 is 0 Å². The average molecular weight is 366 g/mol. The molecule has 4 bridgehead atoms. The van der Waals surface area contributed by atoms with Gasteiger partial charge in [-0.25, -0.2) is 0 Å². The van der Waals surface area contributed by atoms with Crippen molar-refractivity contribution < 1.29 is 4.79 Å². The van der Waals surface area contributed by atoms with Gasteiger partial charge in [0.2, 0.25) is 0 Å². The lowest BCUT2D eigenvalue weighted by Gasteiger charge is -2.66. The molecule has 6 atom stereocenters. The fourth-order valence-electron chi connectivity index (χ4n) is 8.24. The standard InChI is InChI=1S/C25H35NO/c1-18-10-19(8-9-26-18)11-22(27)25-14-20-12-23(2,16-25)15-24(13-20,17-25)21-6-4-3-5-7-21/h3-7,18-20,26H,8-17H2,1-2H3/t18-,19-,20?,23?,24?,25?/m0/s1. The lowest BCUT2D eigenvalue weighted by molar-refractivity contribution is -0.159. The summed E-state index contributed by atoms with van der Waals surface area (Å²) >= 11 is 0. The van der Waals surface area contributed by atoms with Crippen LogP contribution in [0.5, 0.6) is 0 Å². The molecule has 0 radical (unpaired) electrons. The maximum Gasteiger partial charge on any atom is 0.139 e. The third-order valence-electron chi connectivity index (χ3n) is 8.53. The van der Waals surface area contributed by atoms with Crippen molar-refractivity contribution in [3.63, 3.8) is 0 Å². The smallest absolute Gasteiger partial charge is 0.139 e. The van der Waals surface area contributed by atoms with Crippen LogP contribution >= 0.6 is 0 Å². The van der Waals surface area contributed by atoms with E-state index in [0.29, 0.717) is 23.2 Å². The molecule has 2 heteroatoms. The number of hydrogen-bond donors (Lipinski definition) is 1. The van der Waals surface area contributed by atoms with Gasteiger partial charge in [0.15, 0.2) is 0 Å². The van der Waals surface area contributed by atoms with Crippen molar-refractivity contribution in [2.75, 3.05) is 6.54 Å². The van der Waals surface area contributed by atoms with Crippen LogP contribution in [0.25, 0.3) is 0 Å². The summed E-state index contributed by atoms with van der Waals surface area (Å²) in [4.78, 5) is 13.8. The molecule has 0 amide bonds. The highest BCUT2D eigenvalue weighted by Crippen LogP contribution is 2.70. The molecule has 1 saturated heterocycles. The van der Waals surface area contributed by atoms with Gasteiger partial charge in [0.25, 0.3) is 0 Å².